The summed E-state index contributed by atoms with van der Waals surface area (Å²) in [6.07, 6.45) is 1.06. The summed E-state index contributed by atoms with van der Waals surface area (Å²) in [4.78, 5) is 36.8. The number of benzene rings is 1. The Balaban J connectivity index is 3.14. The van der Waals surface area contributed by atoms with Crippen LogP contribution in [-0.2, 0) is 9.59 Å². The van der Waals surface area contributed by atoms with Gasteiger partial charge >= 0.3 is 0 Å². The fraction of sp³-hybridized carbons (Fsp3) is 0.267. The van der Waals surface area contributed by atoms with E-state index < -0.39 is 23.8 Å². The minimum atomic E-state index is -1.12. The van der Waals surface area contributed by atoms with E-state index in [2.05, 4.69) is 21.9 Å². The maximum atomic E-state index is 11.8. The molecule has 1 rings (SSSR count). The minimum Gasteiger partial charge on any atom is -0.302 e. The summed E-state index contributed by atoms with van der Waals surface area (Å²) < 4.78 is 0. The predicted molar refractivity (Wildman–Crippen MR) is 79.0 cm³/mol. The molecule has 22 heavy (non-hydrogen) atoms. The van der Waals surface area contributed by atoms with Crippen LogP contribution in [0, 0.1) is 23.2 Å². The molecule has 112 valence electrons. The Hall–Kier alpha value is -3.01. The van der Waals surface area contributed by atoms with Gasteiger partial charge in [0.25, 0.3) is 5.91 Å². The van der Waals surface area contributed by atoms with E-state index in [1.165, 1.54) is 6.92 Å². The molecule has 0 aliphatic carbocycles. The average Bonchev–Trinajstić information content (AvgIpc) is 2.56. The Morgan fingerprint density at radius 2 is 2.05 bits per heavy atom. The molecular weight excluding hydrogens is 284 g/mol. The van der Waals surface area contributed by atoms with Gasteiger partial charge in [-0.15, -0.1) is 0 Å². The SMILES string of the molecule is C=NC(=O)C(N=Nc1ccccc1C=O)C(C)C(C#N)C=O. The Bertz CT molecular complexity index is 648. The van der Waals surface area contributed by atoms with E-state index in [4.69, 9.17) is 5.26 Å². The van der Waals surface area contributed by atoms with Crippen molar-refractivity contribution in [3.8, 4) is 6.07 Å². The van der Waals surface area contributed by atoms with E-state index in [0.29, 0.717) is 18.1 Å². The second-order valence-corrected chi connectivity index (χ2v) is 4.48. The van der Waals surface area contributed by atoms with Crippen molar-refractivity contribution in [1.82, 2.24) is 0 Å². The van der Waals surface area contributed by atoms with Crippen LogP contribution in [0.15, 0.2) is 39.5 Å². The van der Waals surface area contributed by atoms with Crippen molar-refractivity contribution in [2.24, 2.45) is 27.1 Å². The van der Waals surface area contributed by atoms with E-state index in [1.54, 1.807) is 30.3 Å². The number of nitriles is 1. The van der Waals surface area contributed by atoms with Crippen molar-refractivity contribution in [1.29, 1.82) is 5.26 Å². The minimum absolute atomic E-state index is 0.283. The topological polar surface area (TPSA) is 112 Å². The van der Waals surface area contributed by atoms with Gasteiger partial charge in [-0.3, -0.25) is 9.59 Å². The van der Waals surface area contributed by atoms with E-state index in [0.717, 1.165) is 0 Å². The molecule has 0 spiro atoms. The number of carbonyl (C=O) groups excluding carboxylic acids is 3. The van der Waals surface area contributed by atoms with Crippen molar-refractivity contribution < 1.29 is 14.4 Å². The van der Waals surface area contributed by atoms with Crippen LogP contribution in [0.2, 0.25) is 0 Å². The lowest BCUT2D eigenvalue weighted by Crippen LogP contribution is -2.30. The number of amides is 1. The lowest BCUT2D eigenvalue weighted by atomic mass is 9.89. The number of hydrogen-bond donors (Lipinski definition) is 0. The van der Waals surface area contributed by atoms with E-state index in [-0.39, 0.29) is 5.69 Å². The van der Waals surface area contributed by atoms with E-state index in [1.807, 2.05) is 0 Å². The third kappa shape index (κ3) is 3.99. The zero-order valence-electron chi connectivity index (χ0n) is 11.9. The highest BCUT2D eigenvalue weighted by Crippen LogP contribution is 2.22. The molecule has 0 saturated heterocycles. The molecule has 0 aromatic heterocycles. The number of azo groups is 1. The summed E-state index contributed by atoms with van der Waals surface area (Å²) in [5, 5.41) is 16.7. The number of aliphatic imine (C=N–C) groups is 1. The van der Waals surface area contributed by atoms with Gasteiger partial charge in [0, 0.05) is 11.5 Å². The smallest absolute Gasteiger partial charge is 0.272 e. The molecule has 0 saturated carbocycles. The van der Waals surface area contributed by atoms with Crippen LogP contribution < -0.4 is 0 Å². The zero-order chi connectivity index (χ0) is 16.5. The first-order chi connectivity index (χ1) is 10.6. The summed E-state index contributed by atoms with van der Waals surface area (Å²) in [6, 6.07) is 7.11. The Kier molecular flexibility index (Phi) is 6.44. The van der Waals surface area contributed by atoms with Crippen LogP contribution in [-0.4, -0.2) is 31.2 Å². The third-order valence-electron chi connectivity index (χ3n) is 3.12. The van der Waals surface area contributed by atoms with Crippen LogP contribution in [0.3, 0.4) is 0 Å². The van der Waals surface area contributed by atoms with Gasteiger partial charge in [-0.1, -0.05) is 19.1 Å². The fourth-order valence-electron chi connectivity index (χ4n) is 1.74. The van der Waals surface area contributed by atoms with Crippen molar-refractivity contribution in [3.63, 3.8) is 0 Å². The normalized spacial score (nSPS) is 14.5. The maximum absolute atomic E-state index is 11.8. The standard InChI is InChI=1S/C15H14N4O3/c1-10(12(7-16)9-21)14(15(22)17-2)19-18-13-6-4-3-5-11(13)8-20/h3-6,8-10,12,14H,2H2,1H3. The van der Waals surface area contributed by atoms with Crippen LogP contribution in [0.25, 0.3) is 0 Å². The summed E-state index contributed by atoms with van der Waals surface area (Å²) >= 11 is 0. The summed E-state index contributed by atoms with van der Waals surface area (Å²) in [5.41, 5.74) is 0.593. The zero-order valence-corrected chi connectivity index (χ0v) is 11.9. The molecule has 0 aliphatic rings. The molecule has 0 N–H and O–H groups in total. The number of carbonyl (C=O) groups is 3. The van der Waals surface area contributed by atoms with Gasteiger partial charge in [0.1, 0.15) is 12.2 Å². The van der Waals surface area contributed by atoms with Crippen molar-refractivity contribution in [3.05, 3.63) is 29.8 Å². The van der Waals surface area contributed by atoms with Gasteiger partial charge in [0.05, 0.1) is 11.8 Å². The maximum Gasteiger partial charge on any atom is 0.272 e. The van der Waals surface area contributed by atoms with Crippen molar-refractivity contribution in [2.75, 3.05) is 0 Å². The number of nitrogens with zero attached hydrogens (tertiary/aromatic N) is 4. The average molecular weight is 298 g/mol. The first kappa shape index (κ1) is 17.0. The Labute approximate surface area is 127 Å². The molecule has 1 aromatic carbocycles. The molecule has 0 radical (unpaired) electrons. The van der Waals surface area contributed by atoms with Gasteiger partial charge in [-0.2, -0.15) is 15.5 Å². The molecule has 7 heteroatoms. The second kappa shape index (κ2) is 8.32. The summed E-state index contributed by atoms with van der Waals surface area (Å²) in [5.74, 6) is -2.43. The van der Waals surface area contributed by atoms with Crippen LogP contribution >= 0.6 is 0 Å². The molecule has 7 nitrogen and oxygen atoms in total. The molecule has 0 bridgehead atoms. The fourth-order valence-corrected chi connectivity index (χ4v) is 1.74. The van der Waals surface area contributed by atoms with E-state index >= 15 is 0 Å². The molecule has 3 atom stereocenters. The first-order valence-corrected chi connectivity index (χ1v) is 6.39. The highest BCUT2D eigenvalue weighted by molar-refractivity contribution is 5.86. The Morgan fingerprint density at radius 3 is 2.59 bits per heavy atom. The first-order valence-electron chi connectivity index (χ1n) is 6.39. The summed E-state index contributed by atoms with van der Waals surface area (Å²) in [6.45, 7) is 4.66. The van der Waals surface area contributed by atoms with Gasteiger partial charge in [-0.05, 0) is 18.9 Å². The molecule has 3 unspecified atom stereocenters. The second-order valence-electron chi connectivity index (χ2n) is 4.48. The molecule has 0 fully saturated rings. The number of aldehydes is 2. The van der Waals surface area contributed by atoms with Crippen molar-refractivity contribution in [2.45, 2.75) is 13.0 Å². The largest absolute Gasteiger partial charge is 0.302 e. The quantitative estimate of drug-likeness (QED) is 0.436. The summed E-state index contributed by atoms with van der Waals surface area (Å²) in [7, 11) is 0. The molecule has 1 aromatic rings. The van der Waals surface area contributed by atoms with Gasteiger partial charge in [-0.25, -0.2) is 4.99 Å². The Morgan fingerprint density at radius 1 is 1.36 bits per heavy atom. The van der Waals surface area contributed by atoms with Crippen LogP contribution in [0.1, 0.15) is 17.3 Å². The molecule has 0 aliphatic heterocycles. The highest BCUT2D eigenvalue weighted by atomic mass is 16.1. The highest BCUT2D eigenvalue weighted by Gasteiger charge is 2.31. The van der Waals surface area contributed by atoms with Gasteiger partial charge in [0.2, 0.25) is 0 Å². The molecule has 1 amide bonds. The van der Waals surface area contributed by atoms with Crippen molar-refractivity contribution >= 4 is 30.9 Å². The number of hydrogen-bond acceptors (Lipinski definition) is 6. The van der Waals surface area contributed by atoms with Crippen LogP contribution in [0.5, 0.6) is 0 Å². The van der Waals surface area contributed by atoms with Gasteiger partial charge < -0.3 is 4.79 Å². The lowest BCUT2D eigenvalue weighted by Gasteiger charge is -2.17. The van der Waals surface area contributed by atoms with E-state index in [9.17, 15) is 14.4 Å². The lowest BCUT2D eigenvalue weighted by molar-refractivity contribution is -0.120. The third-order valence-corrected chi connectivity index (χ3v) is 3.12. The number of rotatable bonds is 7. The van der Waals surface area contributed by atoms with Crippen LogP contribution in [0.4, 0.5) is 5.69 Å². The molecular formula is C15H14N4O3. The molecule has 0 heterocycles. The predicted octanol–water partition coefficient (Wildman–Crippen LogP) is 2.15. The van der Waals surface area contributed by atoms with Gasteiger partial charge in [0.15, 0.2) is 12.3 Å². The monoisotopic (exact) mass is 298 g/mol.